The van der Waals surface area contributed by atoms with E-state index in [1.54, 1.807) is 11.3 Å². The molecule has 0 atom stereocenters. The predicted octanol–water partition coefficient (Wildman–Crippen LogP) is 2.14. The first-order valence-electron chi connectivity index (χ1n) is 3.03. The lowest BCUT2D eigenvalue weighted by Crippen LogP contribution is -1.97. The zero-order valence-corrected chi connectivity index (χ0v) is 7.04. The molecule has 2 rings (SSSR count). The van der Waals surface area contributed by atoms with Crippen molar-refractivity contribution in [3.8, 4) is 0 Å². The second kappa shape index (κ2) is 3.17. The normalized spacial score (nSPS) is 14.0. The highest BCUT2D eigenvalue weighted by molar-refractivity contribution is 7.11. The number of thiophene rings is 1. The van der Waals surface area contributed by atoms with E-state index in [1.165, 1.54) is 10.4 Å². The summed E-state index contributed by atoms with van der Waals surface area (Å²) in [5.74, 6) is 0. The van der Waals surface area contributed by atoms with Gasteiger partial charge in [-0.05, 0) is 23.4 Å². The van der Waals surface area contributed by atoms with E-state index in [0.29, 0.717) is 0 Å². The van der Waals surface area contributed by atoms with Gasteiger partial charge in [-0.2, -0.15) is 0 Å². The lowest BCUT2D eigenvalue weighted by Gasteiger charge is -2.01. The van der Waals surface area contributed by atoms with E-state index in [0.717, 1.165) is 13.0 Å². The maximum atomic E-state index is 4.18. The molecule has 1 aliphatic rings. The molecule has 2 heterocycles. The number of rotatable bonds is 0. The molecule has 1 aromatic rings. The van der Waals surface area contributed by atoms with Gasteiger partial charge in [0.05, 0.1) is 0 Å². The molecule has 0 radical (unpaired) electrons. The van der Waals surface area contributed by atoms with E-state index in [9.17, 15) is 0 Å². The molecule has 0 saturated carbocycles. The van der Waals surface area contributed by atoms with Crippen molar-refractivity contribution in [1.29, 1.82) is 0 Å². The third-order valence-corrected chi connectivity index (χ3v) is 2.39. The Balaban J connectivity index is 0.000000500. The predicted molar refractivity (Wildman–Crippen MR) is 47.7 cm³/mol. The Kier molecular flexibility index (Phi) is 2.46. The van der Waals surface area contributed by atoms with Gasteiger partial charge in [0.2, 0.25) is 0 Å². The Morgan fingerprint density at radius 1 is 1.50 bits per heavy atom. The van der Waals surface area contributed by atoms with Gasteiger partial charge in [0.25, 0.3) is 0 Å². The maximum Gasteiger partial charge on any atom is 0.0481 e. The minimum atomic E-state index is 0. The van der Waals surface area contributed by atoms with E-state index in [1.807, 2.05) is 6.21 Å². The van der Waals surface area contributed by atoms with Crippen LogP contribution in [0.4, 0.5) is 0 Å². The molecular formula is C7H8ClNS. The highest BCUT2D eigenvalue weighted by Crippen LogP contribution is 2.17. The number of halogens is 1. The van der Waals surface area contributed by atoms with E-state index in [-0.39, 0.29) is 12.4 Å². The highest BCUT2D eigenvalue weighted by Gasteiger charge is 2.03. The minimum absolute atomic E-state index is 0. The summed E-state index contributed by atoms with van der Waals surface area (Å²) in [6.07, 6.45) is 3.11. The summed E-state index contributed by atoms with van der Waals surface area (Å²) >= 11 is 1.78. The van der Waals surface area contributed by atoms with Crippen LogP contribution in [0.1, 0.15) is 10.4 Å². The zero-order valence-electron chi connectivity index (χ0n) is 5.41. The molecule has 1 aromatic heterocycles. The van der Waals surface area contributed by atoms with Crippen molar-refractivity contribution in [3.63, 3.8) is 0 Å². The first kappa shape index (κ1) is 7.76. The van der Waals surface area contributed by atoms with Crippen molar-refractivity contribution >= 4 is 30.0 Å². The standard InChI is InChI=1S/C7H7NS.ClH/c1-3-8-5-7-6(1)2-4-9-7;/h2,4-5H,1,3H2;1H. The van der Waals surface area contributed by atoms with Gasteiger partial charge in [0, 0.05) is 17.6 Å². The third kappa shape index (κ3) is 1.22. The topological polar surface area (TPSA) is 12.4 Å². The van der Waals surface area contributed by atoms with Crippen molar-refractivity contribution in [2.24, 2.45) is 4.99 Å². The number of hydrogen-bond acceptors (Lipinski definition) is 2. The van der Waals surface area contributed by atoms with Crippen LogP contribution >= 0.6 is 23.7 Å². The molecular weight excluding hydrogens is 166 g/mol. The van der Waals surface area contributed by atoms with Gasteiger partial charge in [-0.25, -0.2) is 0 Å². The molecule has 0 amide bonds. The lowest BCUT2D eigenvalue weighted by molar-refractivity contribution is 0.961. The van der Waals surface area contributed by atoms with Crippen LogP contribution < -0.4 is 0 Å². The largest absolute Gasteiger partial charge is 0.291 e. The minimum Gasteiger partial charge on any atom is -0.291 e. The number of hydrogen-bond donors (Lipinski definition) is 0. The van der Waals surface area contributed by atoms with Gasteiger partial charge in [0.15, 0.2) is 0 Å². The molecule has 1 aliphatic heterocycles. The van der Waals surface area contributed by atoms with Crippen LogP contribution in [-0.2, 0) is 6.42 Å². The fourth-order valence-electron chi connectivity index (χ4n) is 1.000. The average molecular weight is 174 g/mol. The van der Waals surface area contributed by atoms with Crippen LogP contribution in [0, 0.1) is 0 Å². The molecule has 0 aromatic carbocycles. The second-order valence-corrected chi connectivity index (χ2v) is 3.04. The molecule has 0 unspecified atom stereocenters. The van der Waals surface area contributed by atoms with Gasteiger partial charge in [-0.15, -0.1) is 23.7 Å². The first-order valence-corrected chi connectivity index (χ1v) is 3.91. The van der Waals surface area contributed by atoms with Crippen molar-refractivity contribution in [2.45, 2.75) is 6.42 Å². The SMILES string of the molecule is C1=NCCc2ccsc21.Cl. The van der Waals surface area contributed by atoms with Crippen molar-refractivity contribution in [2.75, 3.05) is 6.54 Å². The smallest absolute Gasteiger partial charge is 0.0481 e. The van der Waals surface area contributed by atoms with Gasteiger partial charge < -0.3 is 0 Å². The van der Waals surface area contributed by atoms with Gasteiger partial charge >= 0.3 is 0 Å². The summed E-state index contributed by atoms with van der Waals surface area (Å²) in [5.41, 5.74) is 1.47. The first-order chi connectivity index (χ1) is 4.47. The molecule has 54 valence electrons. The third-order valence-electron chi connectivity index (χ3n) is 1.50. The molecule has 0 saturated heterocycles. The Hall–Kier alpha value is -0.340. The molecule has 0 fully saturated rings. The Bertz CT molecular complexity index is 242. The van der Waals surface area contributed by atoms with E-state index in [4.69, 9.17) is 0 Å². The molecule has 0 aliphatic carbocycles. The summed E-state index contributed by atoms with van der Waals surface area (Å²) in [7, 11) is 0. The van der Waals surface area contributed by atoms with Crippen LogP contribution in [0.3, 0.4) is 0 Å². The van der Waals surface area contributed by atoms with Crippen LogP contribution in [0.15, 0.2) is 16.4 Å². The Labute approximate surface area is 70.2 Å². The van der Waals surface area contributed by atoms with Crippen LogP contribution in [0.2, 0.25) is 0 Å². The van der Waals surface area contributed by atoms with E-state index in [2.05, 4.69) is 16.4 Å². The average Bonchev–Trinajstić information content (AvgIpc) is 2.33. The molecule has 0 bridgehead atoms. The fourth-order valence-corrected chi connectivity index (χ4v) is 1.84. The number of fused-ring (bicyclic) bond motifs is 1. The number of nitrogens with zero attached hydrogens (tertiary/aromatic N) is 1. The summed E-state index contributed by atoms with van der Waals surface area (Å²) in [6, 6.07) is 2.19. The fraction of sp³-hybridized carbons (Fsp3) is 0.286. The molecule has 10 heavy (non-hydrogen) atoms. The van der Waals surface area contributed by atoms with Crippen LogP contribution in [-0.4, -0.2) is 12.8 Å². The molecule has 1 nitrogen and oxygen atoms in total. The molecule has 3 heteroatoms. The number of aliphatic imine (C=N–C) groups is 1. The summed E-state index contributed by atoms with van der Waals surface area (Å²) in [6.45, 7) is 0.976. The second-order valence-electron chi connectivity index (χ2n) is 2.10. The maximum absolute atomic E-state index is 4.18. The van der Waals surface area contributed by atoms with Crippen molar-refractivity contribution in [1.82, 2.24) is 0 Å². The monoisotopic (exact) mass is 173 g/mol. The lowest BCUT2D eigenvalue weighted by atomic mass is 10.2. The van der Waals surface area contributed by atoms with E-state index < -0.39 is 0 Å². The zero-order chi connectivity index (χ0) is 6.10. The summed E-state index contributed by atoms with van der Waals surface area (Å²) in [4.78, 5) is 5.52. The van der Waals surface area contributed by atoms with E-state index >= 15 is 0 Å². The van der Waals surface area contributed by atoms with Crippen molar-refractivity contribution < 1.29 is 0 Å². The molecule has 0 spiro atoms. The van der Waals surface area contributed by atoms with Gasteiger partial charge in [-0.3, -0.25) is 4.99 Å². The quantitative estimate of drug-likeness (QED) is 0.570. The Morgan fingerprint density at radius 2 is 2.40 bits per heavy atom. The highest BCUT2D eigenvalue weighted by atomic mass is 35.5. The van der Waals surface area contributed by atoms with Crippen LogP contribution in [0.5, 0.6) is 0 Å². The Morgan fingerprint density at radius 3 is 3.20 bits per heavy atom. The summed E-state index contributed by atoms with van der Waals surface area (Å²) in [5, 5.41) is 2.13. The van der Waals surface area contributed by atoms with Gasteiger partial charge in [0.1, 0.15) is 0 Å². The summed E-state index contributed by atoms with van der Waals surface area (Å²) < 4.78 is 0. The van der Waals surface area contributed by atoms with Crippen molar-refractivity contribution in [3.05, 3.63) is 21.9 Å². The van der Waals surface area contributed by atoms with Crippen LogP contribution in [0.25, 0.3) is 0 Å². The molecule has 0 N–H and O–H groups in total. The van der Waals surface area contributed by atoms with Gasteiger partial charge in [-0.1, -0.05) is 0 Å².